The number of nitrogens with one attached hydrogen (secondary N) is 1. The summed E-state index contributed by atoms with van der Waals surface area (Å²) in [6.07, 6.45) is -3.19. The zero-order chi connectivity index (χ0) is 14.9. The SMILES string of the molecule is Cn1cnc(C(=O)NN2CCN(CC(F)(F)F)C2=O)n1. The topological polar surface area (TPSA) is 83.4 Å². The molecule has 0 spiro atoms. The molecule has 1 N–H and O–H groups in total. The fourth-order valence-corrected chi connectivity index (χ4v) is 1.67. The summed E-state index contributed by atoms with van der Waals surface area (Å²) < 4.78 is 37.9. The Morgan fingerprint density at radius 1 is 1.45 bits per heavy atom. The van der Waals surface area contributed by atoms with E-state index in [-0.39, 0.29) is 18.9 Å². The van der Waals surface area contributed by atoms with E-state index in [1.54, 1.807) is 7.05 Å². The maximum atomic E-state index is 12.2. The standard InChI is InChI=1S/C9H11F3N6O2/c1-16-5-13-6(14-16)7(19)15-18-3-2-17(8(18)20)4-9(10,11)12/h5H,2-4H2,1H3,(H,15,19). The summed E-state index contributed by atoms with van der Waals surface area (Å²) in [5, 5.41) is 4.53. The Kier molecular flexibility index (Phi) is 3.51. The van der Waals surface area contributed by atoms with Crippen molar-refractivity contribution in [2.24, 2.45) is 7.05 Å². The molecule has 20 heavy (non-hydrogen) atoms. The summed E-state index contributed by atoms with van der Waals surface area (Å²) in [5.74, 6) is -0.928. The summed E-state index contributed by atoms with van der Waals surface area (Å²) in [6, 6.07) is -0.911. The quantitative estimate of drug-likeness (QED) is 0.833. The molecular weight excluding hydrogens is 281 g/mol. The van der Waals surface area contributed by atoms with Crippen LogP contribution in [0.15, 0.2) is 6.33 Å². The molecule has 110 valence electrons. The molecule has 8 nitrogen and oxygen atoms in total. The van der Waals surface area contributed by atoms with Crippen molar-refractivity contribution in [1.82, 2.24) is 30.1 Å². The number of alkyl halides is 3. The van der Waals surface area contributed by atoms with Gasteiger partial charge in [0.05, 0.1) is 6.54 Å². The van der Waals surface area contributed by atoms with Crippen molar-refractivity contribution in [3.05, 3.63) is 12.2 Å². The number of carbonyl (C=O) groups is 2. The van der Waals surface area contributed by atoms with Gasteiger partial charge in [-0.2, -0.15) is 13.2 Å². The van der Waals surface area contributed by atoms with Crippen molar-refractivity contribution in [3.8, 4) is 0 Å². The van der Waals surface area contributed by atoms with Crippen LogP contribution in [0.3, 0.4) is 0 Å². The summed E-state index contributed by atoms with van der Waals surface area (Å²) in [6.45, 7) is -1.50. The second-order valence-corrected chi connectivity index (χ2v) is 4.15. The molecule has 1 aliphatic heterocycles. The largest absolute Gasteiger partial charge is 0.406 e. The zero-order valence-corrected chi connectivity index (χ0v) is 10.4. The van der Waals surface area contributed by atoms with Gasteiger partial charge < -0.3 is 4.90 Å². The molecule has 0 radical (unpaired) electrons. The van der Waals surface area contributed by atoms with Gasteiger partial charge in [-0.3, -0.25) is 14.9 Å². The van der Waals surface area contributed by atoms with Crippen LogP contribution in [0, 0.1) is 0 Å². The number of amides is 3. The van der Waals surface area contributed by atoms with Gasteiger partial charge in [0.25, 0.3) is 0 Å². The van der Waals surface area contributed by atoms with E-state index in [4.69, 9.17) is 0 Å². The molecule has 0 unspecified atom stereocenters. The minimum atomic E-state index is -4.47. The van der Waals surface area contributed by atoms with Crippen molar-refractivity contribution in [2.45, 2.75) is 6.18 Å². The molecule has 1 aliphatic rings. The molecule has 11 heteroatoms. The number of hydrogen-bond donors (Lipinski definition) is 1. The van der Waals surface area contributed by atoms with Gasteiger partial charge in [-0.15, -0.1) is 5.10 Å². The van der Waals surface area contributed by atoms with Gasteiger partial charge in [-0.25, -0.2) is 14.8 Å². The number of carbonyl (C=O) groups excluding carboxylic acids is 2. The maximum absolute atomic E-state index is 12.2. The van der Waals surface area contributed by atoms with E-state index in [1.807, 2.05) is 0 Å². The molecule has 0 saturated carbocycles. The number of aryl methyl sites for hydroxylation is 1. The third-order valence-corrected chi connectivity index (χ3v) is 2.50. The van der Waals surface area contributed by atoms with Crippen LogP contribution in [-0.2, 0) is 7.05 Å². The fourth-order valence-electron chi connectivity index (χ4n) is 1.67. The van der Waals surface area contributed by atoms with Gasteiger partial charge in [-0.05, 0) is 0 Å². The fraction of sp³-hybridized carbons (Fsp3) is 0.556. The molecule has 0 bridgehead atoms. The Labute approximate surface area is 111 Å². The first-order valence-electron chi connectivity index (χ1n) is 5.56. The molecule has 2 heterocycles. The molecule has 0 atom stereocenters. The predicted octanol–water partition coefficient (Wildman–Crippen LogP) is -0.240. The average Bonchev–Trinajstić information content (AvgIpc) is 2.88. The third-order valence-electron chi connectivity index (χ3n) is 2.50. The smallest absolute Gasteiger partial charge is 0.312 e. The molecule has 0 aliphatic carbocycles. The van der Waals surface area contributed by atoms with Gasteiger partial charge in [0.15, 0.2) is 0 Å². The van der Waals surface area contributed by atoms with Crippen molar-refractivity contribution in [1.29, 1.82) is 0 Å². The lowest BCUT2D eigenvalue weighted by molar-refractivity contribution is -0.138. The Bertz CT molecular complexity index is 528. The monoisotopic (exact) mass is 292 g/mol. The molecule has 2 rings (SSSR count). The minimum Gasteiger partial charge on any atom is -0.312 e. The molecule has 1 saturated heterocycles. The Hall–Kier alpha value is -2.33. The van der Waals surface area contributed by atoms with Crippen LogP contribution >= 0.6 is 0 Å². The van der Waals surface area contributed by atoms with Crippen LogP contribution < -0.4 is 5.43 Å². The van der Waals surface area contributed by atoms with Gasteiger partial charge in [0, 0.05) is 13.6 Å². The maximum Gasteiger partial charge on any atom is 0.406 e. The first-order chi connectivity index (χ1) is 9.26. The third kappa shape index (κ3) is 3.16. The number of hydrogen-bond acceptors (Lipinski definition) is 4. The highest BCUT2D eigenvalue weighted by atomic mass is 19.4. The van der Waals surface area contributed by atoms with E-state index < -0.39 is 24.7 Å². The lowest BCUT2D eigenvalue weighted by atomic mass is 10.5. The zero-order valence-electron chi connectivity index (χ0n) is 10.4. The van der Waals surface area contributed by atoms with Crippen LogP contribution in [0.2, 0.25) is 0 Å². The van der Waals surface area contributed by atoms with Gasteiger partial charge in [0.1, 0.15) is 12.9 Å². The van der Waals surface area contributed by atoms with Gasteiger partial charge >= 0.3 is 18.1 Å². The number of rotatable bonds is 3. The first-order valence-corrected chi connectivity index (χ1v) is 5.56. The van der Waals surface area contributed by atoms with Crippen LogP contribution in [0.5, 0.6) is 0 Å². The van der Waals surface area contributed by atoms with E-state index in [9.17, 15) is 22.8 Å². The van der Waals surface area contributed by atoms with Crippen LogP contribution in [0.25, 0.3) is 0 Å². The summed E-state index contributed by atoms with van der Waals surface area (Å²) in [5.41, 5.74) is 2.17. The van der Waals surface area contributed by atoms with E-state index in [0.29, 0.717) is 4.90 Å². The molecular formula is C9H11F3N6O2. The lowest BCUT2D eigenvalue weighted by Gasteiger charge is -2.19. The Morgan fingerprint density at radius 3 is 2.70 bits per heavy atom. The Balaban J connectivity index is 1.95. The highest BCUT2D eigenvalue weighted by molar-refractivity contribution is 5.92. The van der Waals surface area contributed by atoms with Crippen molar-refractivity contribution >= 4 is 11.9 Å². The first kappa shape index (κ1) is 14.1. The highest BCUT2D eigenvalue weighted by Gasteiger charge is 2.38. The number of aromatic nitrogens is 3. The average molecular weight is 292 g/mol. The van der Waals surface area contributed by atoms with Crippen molar-refractivity contribution < 1.29 is 22.8 Å². The predicted molar refractivity (Wildman–Crippen MR) is 58.2 cm³/mol. The number of urea groups is 1. The van der Waals surface area contributed by atoms with Crippen LogP contribution in [-0.4, -0.2) is 62.4 Å². The van der Waals surface area contributed by atoms with E-state index >= 15 is 0 Å². The summed E-state index contributed by atoms with van der Waals surface area (Å²) in [4.78, 5) is 27.6. The van der Waals surface area contributed by atoms with E-state index in [0.717, 1.165) is 5.01 Å². The minimum absolute atomic E-state index is 0.0342. The molecule has 1 aromatic rings. The van der Waals surface area contributed by atoms with E-state index in [2.05, 4.69) is 15.5 Å². The number of hydrazine groups is 1. The molecule has 1 fully saturated rings. The molecule has 3 amide bonds. The number of nitrogens with zero attached hydrogens (tertiary/aromatic N) is 5. The molecule has 0 aromatic carbocycles. The highest BCUT2D eigenvalue weighted by Crippen LogP contribution is 2.19. The van der Waals surface area contributed by atoms with Crippen molar-refractivity contribution in [2.75, 3.05) is 19.6 Å². The van der Waals surface area contributed by atoms with Crippen LogP contribution in [0.4, 0.5) is 18.0 Å². The van der Waals surface area contributed by atoms with Crippen LogP contribution in [0.1, 0.15) is 10.6 Å². The van der Waals surface area contributed by atoms with Gasteiger partial charge in [0.2, 0.25) is 5.82 Å². The number of halogens is 3. The molecule has 1 aromatic heterocycles. The van der Waals surface area contributed by atoms with E-state index in [1.165, 1.54) is 11.0 Å². The Morgan fingerprint density at radius 2 is 2.15 bits per heavy atom. The van der Waals surface area contributed by atoms with Crippen molar-refractivity contribution in [3.63, 3.8) is 0 Å². The normalized spacial score (nSPS) is 15.9. The van der Waals surface area contributed by atoms with Gasteiger partial charge in [-0.1, -0.05) is 0 Å². The summed E-state index contributed by atoms with van der Waals surface area (Å²) in [7, 11) is 1.55. The lowest BCUT2D eigenvalue weighted by Crippen LogP contribution is -2.46. The second kappa shape index (κ2) is 4.98. The second-order valence-electron chi connectivity index (χ2n) is 4.15. The summed E-state index contributed by atoms with van der Waals surface area (Å²) >= 11 is 0.